The zero-order valence-corrected chi connectivity index (χ0v) is 11.6. The van der Waals surface area contributed by atoms with Crippen LogP contribution in [0.5, 0.6) is 0 Å². The number of halogens is 3. The largest absolute Gasteiger partial charge is 0.481 e. The molecule has 112 valence electrons. The van der Waals surface area contributed by atoms with Crippen molar-refractivity contribution in [3.05, 3.63) is 35.4 Å². The van der Waals surface area contributed by atoms with E-state index in [0.717, 1.165) is 23.9 Å². The van der Waals surface area contributed by atoms with Crippen LogP contribution in [0.4, 0.5) is 13.2 Å². The SMILES string of the molecule is CCc1nnc(SCC(=O)O)n1-c1ccc(F)c(F)c1F. The van der Waals surface area contributed by atoms with E-state index in [1.807, 2.05) is 0 Å². The molecule has 1 aromatic carbocycles. The lowest BCUT2D eigenvalue weighted by molar-refractivity contribution is -0.133. The van der Waals surface area contributed by atoms with Crippen molar-refractivity contribution in [1.29, 1.82) is 0 Å². The zero-order chi connectivity index (χ0) is 15.6. The number of aryl methyl sites for hydroxylation is 1. The molecule has 0 saturated carbocycles. The minimum Gasteiger partial charge on any atom is -0.481 e. The second kappa shape index (κ2) is 6.17. The van der Waals surface area contributed by atoms with Gasteiger partial charge in [0.2, 0.25) is 0 Å². The van der Waals surface area contributed by atoms with E-state index in [-0.39, 0.29) is 16.6 Å². The van der Waals surface area contributed by atoms with Gasteiger partial charge in [-0.3, -0.25) is 9.36 Å². The van der Waals surface area contributed by atoms with Gasteiger partial charge in [-0.2, -0.15) is 0 Å². The number of hydrogen-bond donors (Lipinski definition) is 1. The van der Waals surface area contributed by atoms with Crippen LogP contribution in [-0.4, -0.2) is 31.6 Å². The molecular formula is C12H10F3N3O2S. The van der Waals surface area contributed by atoms with Gasteiger partial charge in [0.15, 0.2) is 22.6 Å². The van der Waals surface area contributed by atoms with Gasteiger partial charge in [0, 0.05) is 6.42 Å². The van der Waals surface area contributed by atoms with Gasteiger partial charge in [-0.15, -0.1) is 10.2 Å². The molecule has 0 atom stereocenters. The van der Waals surface area contributed by atoms with E-state index in [9.17, 15) is 18.0 Å². The summed E-state index contributed by atoms with van der Waals surface area (Å²) in [5, 5.41) is 16.3. The predicted molar refractivity (Wildman–Crippen MR) is 69.0 cm³/mol. The molecular weight excluding hydrogens is 307 g/mol. The first-order valence-corrected chi connectivity index (χ1v) is 6.87. The normalized spacial score (nSPS) is 10.9. The molecule has 9 heteroatoms. The van der Waals surface area contributed by atoms with E-state index in [2.05, 4.69) is 10.2 Å². The Bertz CT molecular complexity index is 691. The number of thioether (sulfide) groups is 1. The summed E-state index contributed by atoms with van der Waals surface area (Å²) in [5.74, 6) is -5.36. The van der Waals surface area contributed by atoms with E-state index in [1.54, 1.807) is 6.92 Å². The molecule has 5 nitrogen and oxygen atoms in total. The van der Waals surface area contributed by atoms with Gasteiger partial charge in [-0.05, 0) is 12.1 Å². The number of carbonyl (C=O) groups is 1. The zero-order valence-electron chi connectivity index (χ0n) is 10.8. The molecule has 0 aliphatic rings. The third-order valence-corrected chi connectivity index (χ3v) is 3.51. The Hall–Kier alpha value is -2.03. The summed E-state index contributed by atoms with van der Waals surface area (Å²) in [6.45, 7) is 1.73. The van der Waals surface area contributed by atoms with Gasteiger partial charge < -0.3 is 5.11 Å². The molecule has 0 saturated heterocycles. The Morgan fingerprint density at radius 3 is 2.62 bits per heavy atom. The molecule has 0 amide bonds. The highest BCUT2D eigenvalue weighted by Crippen LogP contribution is 2.26. The molecule has 21 heavy (non-hydrogen) atoms. The minimum atomic E-state index is -1.60. The first-order chi connectivity index (χ1) is 9.95. The Balaban J connectivity index is 2.54. The second-order valence-corrected chi connectivity index (χ2v) is 4.91. The van der Waals surface area contributed by atoms with Crippen LogP contribution >= 0.6 is 11.8 Å². The topological polar surface area (TPSA) is 68.0 Å². The van der Waals surface area contributed by atoms with Crippen LogP contribution in [0.15, 0.2) is 17.3 Å². The van der Waals surface area contributed by atoms with Crippen molar-refractivity contribution in [3.63, 3.8) is 0 Å². The van der Waals surface area contributed by atoms with Gasteiger partial charge in [0.05, 0.1) is 11.4 Å². The highest BCUT2D eigenvalue weighted by atomic mass is 32.2. The smallest absolute Gasteiger partial charge is 0.313 e. The maximum absolute atomic E-state index is 13.9. The molecule has 0 unspecified atom stereocenters. The lowest BCUT2D eigenvalue weighted by Gasteiger charge is -2.10. The molecule has 0 aliphatic carbocycles. The quantitative estimate of drug-likeness (QED) is 0.677. The maximum atomic E-state index is 13.9. The van der Waals surface area contributed by atoms with Gasteiger partial charge >= 0.3 is 5.97 Å². The van der Waals surface area contributed by atoms with Crippen LogP contribution in [0.25, 0.3) is 5.69 Å². The van der Waals surface area contributed by atoms with Crippen molar-refractivity contribution in [2.75, 3.05) is 5.75 Å². The van der Waals surface area contributed by atoms with E-state index >= 15 is 0 Å². The van der Waals surface area contributed by atoms with Crippen molar-refractivity contribution in [2.24, 2.45) is 0 Å². The average Bonchev–Trinajstić information content (AvgIpc) is 2.85. The van der Waals surface area contributed by atoms with Crippen molar-refractivity contribution in [2.45, 2.75) is 18.5 Å². The fourth-order valence-corrected chi connectivity index (χ4v) is 2.36. The van der Waals surface area contributed by atoms with E-state index in [1.165, 1.54) is 4.57 Å². The fourth-order valence-electron chi connectivity index (χ4n) is 1.68. The predicted octanol–water partition coefficient (Wildman–Crippen LogP) is 2.42. The Kier molecular flexibility index (Phi) is 4.51. The van der Waals surface area contributed by atoms with E-state index < -0.39 is 23.4 Å². The van der Waals surface area contributed by atoms with Gasteiger partial charge in [-0.1, -0.05) is 18.7 Å². The number of rotatable bonds is 5. The monoisotopic (exact) mass is 317 g/mol. The van der Waals surface area contributed by atoms with Crippen molar-refractivity contribution in [3.8, 4) is 5.69 Å². The third-order valence-electron chi connectivity index (χ3n) is 2.60. The van der Waals surface area contributed by atoms with Crippen LogP contribution in [-0.2, 0) is 11.2 Å². The fraction of sp³-hybridized carbons (Fsp3) is 0.250. The van der Waals surface area contributed by atoms with Crippen LogP contribution in [0, 0.1) is 17.5 Å². The molecule has 2 aromatic rings. The van der Waals surface area contributed by atoms with Crippen LogP contribution in [0.3, 0.4) is 0 Å². The van der Waals surface area contributed by atoms with Crippen LogP contribution in [0.1, 0.15) is 12.7 Å². The molecule has 0 spiro atoms. The molecule has 1 aromatic heterocycles. The molecule has 0 aliphatic heterocycles. The molecule has 1 heterocycles. The molecule has 0 radical (unpaired) electrons. The number of aliphatic carboxylic acids is 1. The summed E-state index contributed by atoms with van der Waals surface area (Å²) in [4.78, 5) is 10.6. The van der Waals surface area contributed by atoms with E-state index in [4.69, 9.17) is 5.11 Å². The number of hydrogen-bond acceptors (Lipinski definition) is 4. The number of aromatic nitrogens is 3. The molecule has 2 rings (SSSR count). The lowest BCUT2D eigenvalue weighted by Crippen LogP contribution is -2.08. The Morgan fingerprint density at radius 2 is 2.00 bits per heavy atom. The average molecular weight is 317 g/mol. The Morgan fingerprint density at radius 1 is 1.29 bits per heavy atom. The summed E-state index contributed by atoms with van der Waals surface area (Å²) in [7, 11) is 0. The minimum absolute atomic E-state index is 0.0964. The van der Waals surface area contributed by atoms with Crippen LogP contribution < -0.4 is 0 Å². The molecule has 1 N–H and O–H groups in total. The number of nitrogens with zero attached hydrogens (tertiary/aromatic N) is 3. The lowest BCUT2D eigenvalue weighted by atomic mass is 10.2. The summed E-state index contributed by atoms with van der Waals surface area (Å²) >= 11 is 0.812. The molecule has 0 fully saturated rings. The Labute approximate surface area is 121 Å². The first-order valence-electron chi connectivity index (χ1n) is 5.88. The highest BCUT2D eigenvalue weighted by molar-refractivity contribution is 7.99. The van der Waals surface area contributed by atoms with Gasteiger partial charge in [0.1, 0.15) is 5.82 Å². The second-order valence-electron chi connectivity index (χ2n) is 3.96. The third kappa shape index (κ3) is 3.02. The van der Waals surface area contributed by atoms with Crippen molar-refractivity contribution in [1.82, 2.24) is 14.8 Å². The first kappa shape index (κ1) is 15.4. The summed E-state index contributed by atoms with van der Waals surface area (Å²) in [6, 6.07) is 1.85. The van der Waals surface area contributed by atoms with Crippen molar-refractivity contribution < 1.29 is 23.1 Å². The maximum Gasteiger partial charge on any atom is 0.313 e. The summed E-state index contributed by atoms with van der Waals surface area (Å²) in [5.41, 5.74) is -0.261. The highest BCUT2D eigenvalue weighted by Gasteiger charge is 2.21. The van der Waals surface area contributed by atoms with Crippen molar-refractivity contribution >= 4 is 17.7 Å². The summed E-state index contributed by atoms with van der Waals surface area (Å²) in [6.07, 6.45) is 0.360. The van der Waals surface area contributed by atoms with Gasteiger partial charge in [0.25, 0.3) is 0 Å². The number of carboxylic acid groups (broad SMARTS) is 1. The van der Waals surface area contributed by atoms with Crippen LogP contribution in [0.2, 0.25) is 0 Å². The summed E-state index contributed by atoms with van der Waals surface area (Å²) < 4.78 is 41.4. The molecule has 0 bridgehead atoms. The number of carboxylic acids is 1. The number of benzene rings is 1. The van der Waals surface area contributed by atoms with Gasteiger partial charge in [-0.25, -0.2) is 13.2 Å². The standard InChI is InChI=1S/C12H10F3N3O2S/c1-2-8-16-17-12(21-5-9(19)20)18(8)7-4-3-6(13)10(14)11(7)15/h3-4H,2,5H2,1H3,(H,19,20). The van der Waals surface area contributed by atoms with E-state index in [0.29, 0.717) is 12.2 Å².